The fourth-order valence-corrected chi connectivity index (χ4v) is 2.49. The van der Waals surface area contributed by atoms with Crippen molar-refractivity contribution in [1.82, 2.24) is 15.0 Å². The predicted octanol–water partition coefficient (Wildman–Crippen LogP) is 2.65. The normalized spacial score (nSPS) is 11.9. The third-order valence-electron chi connectivity index (χ3n) is 3.42. The second kappa shape index (κ2) is 7.82. The highest BCUT2D eigenvalue weighted by molar-refractivity contribution is 7.80. The molecule has 0 aliphatic heterocycles. The van der Waals surface area contributed by atoms with Gasteiger partial charge in [-0.15, -0.1) is 0 Å². The summed E-state index contributed by atoms with van der Waals surface area (Å²) in [5, 5.41) is 12.9. The van der Waals surface area contributed by atoms with Gasteiger partial charge in [-0.25, -0.2) is 0 Å². The Morgan fingerprint density at radius 2 is 2.09 bits per heavy atom. The molecule has 122 valence electrons. The average molecular weight is 333 g/mol. The lowest BCUT2D eigenvalue weighted by Crippen LogP contribution is -2.38. The number of carboxylic acids is 1. The van der Waals surface area contributed by atoms with Crippen molar-refractivity contribution in [3.05, 3.63) is 36.2 Å². The van der Waals surface area contributed by atoms with Gasteiger partial charge in [-0.3, -0.25) is 4.79 Å². The van der Waals surface area contributed by atoms with Crippen LogP contribution in [-0.4, -0.2) is 44.2 Å². The molecule has 0 spiro atoms. The van der Waals surface area contributed by atoms with Gasteiger partial charge in [0, 0.05) is 24.4 Å². The summed E-state index contributed by atoms with van der Waals surface area (Å²) in [6.45, 7) is 4.26. The van der Waals surface area contributed by atoms with Gasteiger partial charge < -0.3 is 14.5 Å². The third-order valence-corrected chi connectivity index (χ3v) is 4.08. The van der Waals surface area contributed by atoms with E-state index in [2.05, 4.69) is 10.1 Å². The second-order valence-electron chi connectivity index (χ2n) is 5.23. The molecular formula is C16H19N3O3S. The molecule has 23 heavy (non-hydrogen) atoms. The highest BCUT2D eigenvalue weighted by Crippen LogP contribution is 2.17. The van der Waals surface area contributed by atoms with Crippen molar-refractivity contribution in [2.75, 3.05) is 13.1 Å². The fourth-order valence-electron chi connectivity index (χ4n) is 2.21. The molecule has 1 heterocycles. The molecule has 0 unspecified atom stereocenters. The standard InChI is InChI=1S/C16H19N3O3S/c1-3-19(10-14(20)21)16(23)11(2)9-13-17-15(18-22-13)12-7-5-4-6-8-12/h4-8,11H,3,9-10H2,1-2H3,(H,20,21)/t11-/m0/s1. The van der Waals surface area contributed by atoms with Crippen LogP contribution < -0.4 is 0 Å². The van der Waals surface area contributed by atoms with Gasteiger partial charge in [0.15, 0.2) is 0 Å². The molecule has 1 atom stereocenters. The molecule has 1 aromatic heterocycles. The van der Waals surface area contributed by atoms with E-state index in [1.54, 1.807) is 4.90 Å². The van der Waals surface area contributed by atoms with E-state index in [1.165, 1.54) is 0 Å². The van der Waals surface area contributed by atoms with Crippen LogP contribution in [0.15, 0.2) is 34.9 Å². The van der Waals surface area contributed by atoms with Crippen LogP contribution in [0.1, 0.15) is 19.7 Å². The van der Waals surface area contributed by atoms with Crippen molar-refractivity contribution < 1.29 is 14.4 Å². The van der Waals surface area contributed by atoms with Crippen LogP contribution in [0.3, 0.4) is 0 Å². The molecule has 0 saturated heterocycles. The van der Waals surface area contributed by atoms with E-state index in [-0.39, 0.29) is 12.5 Å². The zero-order valence-corrected chi connectivity index (χ0v) is 13.9. The monoisotopic (exact) mass is 333 g/mol. The van der Waals surface area contributed by atoms with Gasteiger partial charge in [0.25, 0.3) is 0 Å². The van der Waals surface area contributed by atoms with Gasteiger partial charge in [0.05, 0.1) is 4.99 Å². The molecule has 0 amide bonds. The maximum absolute atomic E-state index is 10.9. The minimum Gasteiger partial charge on any atom is -0.480 e. The molecule has 1 N–H and O–H groups in total. The maximum Gasteiger partial charge on any atom is 0.323 e. The van der Waals surface area contributed by atoms with Crippen molar-refractivity contribution in [2.45, 2.75) is 20.3 Å². The van der Waals surface area contributed by atoms with Crippen molar-refractivity contribution in [3.63, 3.8) is 0 Å². The Labute approximate surface area is 140 Å². The number of benzene rings is 1. The number of carbonyl (C=O) groups is 1. The molecule has 2 aromatic rings. The van der Waals surface area contributed by atoms with Gasteiger partial charge >= 0.3 is 5.97 Å². The zero-order chi connectivity index (χ0) is 16.8. The molecule has 0 radical (unpaired) electrons. The Kier molecular flexibility index (Phi) is 5.81. The maximum atomic E-state index is 10.9. The van der Waals surface area contributed by atoms with Crippen LogP contribution in [0.25, 0.3) is 11.4 Å². The van der Waals surface area contributed by atoms with Crippen molar-refractivity contribution >= 4 is 23.2 Å². The van der Waals surface area contributed by atoms with Crippen LogP contribution in [0.2, 0.25) is 0 Å². The number of hydrogen-bond donors (Lipinski definition) is 1. The van der Waals surface area contributed by atoms with Gasteiger partial charge in [0.1, 0.15) is 6.54 Å². The number of aromatic nitrogens is 2. The quantitative estimate of drug-likeness (QED) is 0.780. The van der Waals surface area contributed by atoms with E-state index >= 15 is 0 Å². The van der Waals surface area contributed by atoms with Crippen molar-refractivity contribution in [2.24, 2.45) is 5.92 Å². The van der Waals surface area contributed by atoms with Gasteiger partial charge in [-0.2, -0.15) is 4.98 Å². The van der Waals surface area contributed by atoms with Crippen LogP contribution in [-0.2, 0) is 11.2 Å². The Balaban J connectivity index is 2.03. The lowest BCUT2D eigenvalue weighted by Gasteiger charge is -2.25. The van der Waals surface area contributed by atoms with E-state index < -0.39 is 5.97 Å². The van der Waals surface area contributed by atoms with Crippen LogP contribution >= 0.6 is 12.2 Å². The number of carboxylic acid groups (broad SMARTS) is 1. The average Bonchev–Trinajstić information content (AvgIpc) is 3.01. The number of rotatable bonds is 7. The Bertz CT molecular complexity index is 672. The highest BCUT2D eigenvalue weighted by atomic mass is 32.1. The molecule has 2 rings (SSSR count). The molecule has 7 heteroatoms. The summed E-state index contributed by atoms with van der Waals surface area (Å²) in [5.41, 5.74) is 0.888. The van der Waals surface area contributed by atoms with Crippen LogP contribution in [0.5, 0.6) is 0 Å². The predicted molar refractivity (Wildman–Crippen MR) is 90.1 cm³/mol. The first-order chi connectivity index (χ1) is 11.0. The first-order valence-corrected chi connectivity index (χ1v) is 7.80. The lowest BCUT2D eigenvalue weighted by molar-refractivity contribution is -0.137. The SMILES string of the molecule is CCN(CC(=O)O)C(=S)[C@@H](C)Cc1nc(-c2ccccc2)no1. The number of likely N-dealkylation sites (N-methyl/N-ethyl adjacent to an activating group) is 1. The Morgan fingerprint density at radius 1 is 1.39 bits per heavy atom. The van der Waals surface area contributed by atoms with Crippen LogP contribution in [0, 0.1) is 5.92 Å². The molecular weight excluding hydrogens is 314 g/mol. The number of hydrogen-bond acceptors (Lipinski definition) is 5. The molecule has 1 aromatic carbocycles. The minimum atomic E-state index is -0.898. The van der Waals surface area contributed by atoms with Crippen LogP contribution in [0.4, 0.5) is 0 Å². The third kappa shape index (κ3) is 4.59. The molecule has 6 nitrogen and oxygen atoms in total. The van der Waals surface area contributed by atoms with E-state index in [4.69, 9.17) is 21.8 Å². The number of nitrogens with zero attached hydrogens (tertiary/aromatic N) is 3. The van der Waals surface area contributed by atoms with E-state index in [9.17, 15) is 4.79 Å². The van der Waals surface area contributed by atoms with Gasteiger partial charge in [0.2, 0.25) is 11.7 Å². The summed E-state index contributed by atoms with van der Waals surface area (Å²) in [4.78, 5) is 17.5. The first-order valence-electron chi connectivity index (χ1n) is 7.39. The molecule has 0 bridgehead atoms. The number of aliphatic carboxylic acids is 1. The minimum absolute atomic E-state index is 0.0617. The molecule has 0 saturated carbocycles. The molecule has 0 aliphatic carbocycles. The van der Waals surface area contributed by atoms with Gasteiger partial charge in [-0.05, 0) is 6.92 Å². The Hall–Kier alpha value is -2.28. The topological polar surface area (TPSA) is 79.5 Å². The summed E-state index contributed by atoms with van der Waals surface area (Å²) < 4.78 is 5.28. The fraction of sp³-hybridized carbons (Fsp3) is 0.375. The largest absolute Gasteiger partial charge is 0.480 e. The first kappa shape index (κ1) is 17.1. The summed E-state index contributed by atoms with van der Waals surface area (Å²) in [7, 11) is 0. The lowest BCUT2D eigenvalue weighted by atomic mass is 10.1. The zero-order valence-electron chi connectivity index (χ0n) is 13.1. The van der Waals surface area contributed by atoms with E-state index in [0.29, 0.717) is 29.7 Å². The smallest absolute Gasteiger partial charge is 0.323 e. The summed E-state index contributed by atoms with van der Waals surface area (Å²) in [6, 6.07) is 9.57. The molecule has 0 aliphatic rings. The Morgan fingerprint density at radius 3 is 2.70 bits per heavy atom. The molecule has 0 fully saturated rings. The van der Waals surface area contributed by atoms with Gasteiger partial charge in [-0.1, -0.05) is 54.6 Å². The van der Waals surface area contributed by atoms with Crippen molar-refractivity contribution in [1.29, 1.82) is 0 Å². The van der Waals surface area contributed by atoms with Crippen molar-refractivity contribution in [3.8, 4) is 11.4 Å². The highest BCUT2D eigenvalue weighted by Gasteiger charge is 2.20. The summed E-state index contributed by atoms with van der Waals surface area (Å²) in [6.07, 6.45) is 0.481. The number of thiocarbonyl (C=S) groups is 1. The summed E-state index contributed by atoms with van der Waals surface area (Å²) in [5.74, 6) is 0.0700. The summed E-state index contributed by atoms with van der Waals surface area (Å²) >= 11 is 5.39. The second-order valence-corrected chi connectivity index (χ2v) is 5.65. The van der Waals surface area contributed by atoms with E-state index in [1.807, 2.05) is 44.2 Å². The van der Waals surface area contributed by atoms with E-state index in [0.717, 1.165) is 5.56 Å².